The molecule has 0 aromatic carbocycles. The lowest BCUT2D eigenvalue weighted by molar-refractivity contribution is 0.280. The van der Waals surface area contributed by atoms with E-state index in [1.807, 2.05) is 0 Å². The normalized spacial score (nSPS) is 34.5. The Labute approximate surface area is 124 Å². The van der Waals surface area contributed by atoms with Gasteiger partial charge in [-0.1, -0.05) is 0 Å². The van der Waals surface area contributed by atoms with E-state index in [0.29, 0.717) is 12.2 Å². The Kier molecular flexibility index (Phi) is 3.06. The predicted octanol–water partition coefficient (Wildman–Crippen LogP) is 0.823. The molecule has 3 fully saturated rings. The van der Waals surface area contributed by atoms with E-state index < -0.39 is 0 Å². The summed E-state index contributed by atoms with van der Waals surface area (Å²) in [6, 6.07) is 1.50. The van der Waals surface area contributed by atoms with Crippen molar-refractivity contribution in [3.63, 3.8) is 0 Å². The molecular formula is C16H23N3O2. The maximum atomic E-state index is 11.9. The van der Waals surface area contributed by atoms with Gasteiger partial charge in [0.2, 0.25) is 0 Å². The highest BCUT2D eigenvalue weighted by Crippen LogP contribution is 2.54. The molecule has 0 unspecified atom stereocenters. The van der Waals surface area contributed by atoms with Crippen LogP contribution in [0.25, 0.3) is 0 Å². The van der Waals surface area contributed by atoms with Crippen LogP contribution in [-0.4, -0.2) is 34.1 Å². The van der Waals surface area contributed by atoms with Crippen molar-refractivity contribution in [1.29, 1.82) is 0 Å². The van der Waals surface area contributed by atoms with E-state index in [4.69, 9.17) is 0 Å². The second-order valence-corrected chi connectivity index (χ2v) is 7.17. The molecule has 1 aromatic rings. The fourth-order valence-electron chi connectivity index (χ4n) is 5.04. The first kappa shape index (κ1) is 13.3. The zero-order chi connectivity index (χ0) is 14.6. The van der Waals surface area contributed by atoms with Gasteiger partial charge in [-0.05, 0) is 49.9 Å². The second-order valence-electron chi connectivity index (χ2n) is 7.17. The number of hydrogen-bond acceptors (Lipinski definition) is 3. The fourth-order valence-corrected chi connectivity index (χ4v) is 5.04. The SMILES string of the molecule is Cc1cc(=O)n(CCN2C[C@@H]3[C@@H]4CC[C@@H](C4)[C@@H]3C2)c(=O)[nH]1. The second kappa shape index (κ2) is 4.83. The first-order valence-electron chi connectivity index (χ1n) is 8.15. The highest BCUT2D eigenvalue weighted by Gasteiger charge is 2.51. The van der Waals surface area contributed by atoms with Gasteiger partial charge >= 0.3 is 5.69 Å². The topological polar surface area (TPSA) is 58.1 Å². The molecule has 2 bridgehead atoms. The largest absolute Gasteiger partial charge is 0.328 e. The molecule has 0 amide bonds. The maximum absolute atomic E-state index is 11.9. The molecule has 5 heteroatoms. The molecule has 2 aliphatic carbocycles. The van der Waals surface area contributed by atoms with E-state index >= 15 is 0 Å². The first-order chi connectivity index (χ1) is 10.1. The Bertz CT molecular complexity index is 613. The Balaban J connectivity index is 1.43. The third kappa shape index (κ3) is 2.18. The summed E-state index contributed by atoms with van der Waals surface area (Å²) < 4.78 is 1.33. The quantitative estimate of drug-likeness (QED) is 0.896. The lowest BCUT2D eigenvalue weighted by atomic mass is 9.82. The summed E-state index contributed by atoms with van der Waals surface area (Å²) in [6.45, 7) is 5.40. The molecule has 3 aliphatic rings. The molecule has 0 spiro atoms. The van der Waals surface area contributed by atoms with Gasteiger partial charge in [0, 0.05) is 37.9 Å². The van der Waals surface area contributed by atoms with Crippen molar-refractivity contribution in [3.05, 3.63) is 32.6 Å². The van der Waals surface area contributed by atoms with E-state index in [-0.39, 0.29) is 11.2 Å². The van der Waals surface area contributed by atoms with Gasteiger partial charge in [-0.2, -0.15) is 0 Å². The molecule has 1 aromatic heterocycles. The molecule has 4 rings (SSSR count). The number of nitrogens with one attached hydrogen (secondary N) is 1. The average molecular weight is 289 g/mol. The number of nitrogens with zero attached hydrogens (tertiary/aromatic N) is 2. The number of aromatic nitrogens is 2. The van der Waals surface area contributed by atoms with Crippen LogP contribution in [0.3, 0.4) is 0 Å². The van der Waals surface area contributed by atoms with E-state index in [0.717, 1.165) is 30.2 Å². The van der Waals surface area contributed by atoms with Gasteiger partial charge in [-0.3, -0.25) is 9.36 Å². The van der Waals surface area contributed by atoms with Crippen molar-refractivity contribution in [2.45, 2.75) is 32.7 Å². The zero-order valence-corrected chi connectivity index (χ0v) is 12.5. The van der Waals surface area contributed by atoms with Crippen molar-refractivity contribution in [3.8, 4) is 0 Å². The molecule has 1 N–H and O–H groups in total. The predicted molar refractivity (Wildman–Crippen MR) is 80.3 cm³/mol. The fraction of sp³-hybridized carbons (Fsp3) is 0.750. The van der Waals surface area contributed by atoms with Gasteiger partial charge in [0.15, 0.2) is 0 Å². The third-order valence-electron chi connectivity index (χ3n) is 6.01. The Morgan fingerprint density at radius 3 is 2.43 bits per heavy atom. The molecule has 2 saturated carbocycles. The smallest absolute Gasteiger partial charge is 0.311 e. The number of likely N-dealkylation sites (tertiary alicyclic amines) is 1. The van der Waals surface area contributed by atoms with Crippen LogP contribution in [0.1, 0.15) is 25.0 Å². The van der Waals surface area contributed by atoms with Crippen LogP contribution in [0.15, 0.2) is 15.7 Å². The monoisotopic (exact) mass is 289 g/mol. The van der Waals surface area contributed by atoms with E-state index in [2.05, 4.69) is 9.88 Å². The lowest BCUT2D eigenvalue weighted by Gasteiger charge is -2.22. The number of fused-ring (bicyclic) bond motifs is 5. The van der Waals surface area contributed by atoms with Crippen LogP contribution in [0.4, 0.5) is 0 Å². The van der Waals surface area contributed by atoms with Crippen LogP contribution in [0.5, 0.6) is 0 Å². The number of rotatable bonds is 3. The number of aromatic amines is 1. The van der Waals surface area contributed by atoms with Crippen LogP contribution < -0.4 is 11.2 Å². The minimum Gasteiger partial charge on any atom is -0.311 e. The minimum absolute atomic E-state index is 0.185. The lowest BCUT2D eigenvalue weighted by Crippen LogP contribution is -2.39. The summed E-state index contributed by atoms with van der Waals surface area (Å²) in [6.07, 6.45) is 4.31. The summed E-state index contributed by atoms with van der Waals surface area (Å²) in [7, 11) is 0. The van der Waals surface area contributed by atoms with Gasteiger partial charge < -0.3 is 9.88 Å². The van der Waals surface area contributed by atoms with Crippen LogP contribution in [0.2, 0.25) is 0 Å². The Morgan fingerprint density at radius 1 is 1.14 bits per heavy atom. The van der Waals surface area contributed by atoms with Crippen molar-refractivity contribution >= 4 is 0 Å². The molecule has 114 valence electrons. The zero-order valence-electron chi connectivity index (χ0n) is 12.5. The standard InChI is InChI=1S/C16H23N3O2/c1-10-6-15(20)19(16(21)17-10)5-4-18-8-13-11-2-3-12(7-11)14(13)9-18/h6,11-14H,2-5,7-9H2,1H3,(H,17,21)/t11-,12+,13-,14+. The molecule has 21 heavy (non-hydrogen) atoms. The number of H-pyrrole nitrogens is 1. The van der Waals surface area contributed by atoms with Gasteiger partial charge in [0.1, 0.15) is 0 Å². The minimum atomic E-state index is -0.278. The van der Waals surface area contributed by atoms with Crippen molar-refractivity contribution in [2.75, 3.05) is 19.6 Å². The molecule has 1 saturated heterocycles. The molecule has 5 nitrogen and oxygen atoms in total. The van der Waals surface area contributed by atoms with Gasteiger partial charge in [-0.25, -0.2) is 4.79 Å². The van der Waals surface area contributed by atoms with Crippen LogP contribution in [-0.2, 0) is 6.54 Å². The van der Waals surface area contributed by atoms with E-state index in [1.165, 1.54) is 43.0 Å². The van der Waals surface area contributed by atoms with E-state index in [1.54, 1.807) is 6.92 Å². The highest BCUT2D eigenvalue weighted by atomic mass is 16.2. The maximum Gasteiger partial charge on any atom is 0.328 e. The summed E-state index contributed by atoms with van der Waals surface area (Å²) in [5.74, 6) is 3.68. The van der Waals surface area contributed by atoms with Crippen molar-refractivity contribution < 1.29 is 0 Å². The first-order valence-corrected chi connectivity index (χ1v) is 8.15. The highest BCUT2D eigenvalue weighted by molar-refractivity contribution is 5.02. The number of aryl methyl sites for hydroxylation is 1. The molecule has 2 heterocycles. The Morgan fingerprint density at radius 2 is 1.81 bits per heavy atom. The van der Waals surface area contributed by atoms with Gasteiger partial charge in [0.25, 0.3) is 5.56 Å². The average Bonchev–Trinajstić information content (AvgIpc) is 3.09. The summed E-state index contributed by atoms with van der Waals surface area (Å²) in [5, 5.41) is 0. The Hall–Kier alpha value is -1.36. The van der Waals surface area contributed by atoms with E-state index in [9.17, 15) is 9.59 Å². The van der Waals surface area contributed by atoms with Gasteiger partial charge in [0.05, 0.1) is 0 Å². The summed E-state index contributed by atoms with van der Waals surface area (Å²) in [5.41, 5.74) is 0.170. The van der Waals surface area contributed by atoms with Crippen LogP contribution in [0, 0.1) is 30.6 Å². The molecule has 4 atom stereocenters. The third-order valence-corrected chi connectivity index (χ3v) is 6.01. The molecule has 1 aliphatic heterocycles. The summed E-state index contributed by atoms with van der Waals surface area (Å²) >= 11 is 0. The molecule has 0 radical (unpaired) electrons. The number of hydrogen-bond donors (Lipinski definition) is 1. The molecular weight excluding hydrogens is 266 g/mol. The van der Waals surface area contributed by atoms with Gasteiger partial charge in [-0.15, -0.1) is 0 Å². The van der Waals surface area contributed by atoms with Crippen molar-refractivity contribution in [2.24, 2.45) is 23.7 Å². The van der Waals surface area contributed by atoms with Crippen LogP contribution >= 0.6 is 0 Å². The summed E-state index contributed by atoms with van der Waals surface area (Å²) in [4.78, 5) is 28.9. The van der Waals surface area contributed by atoms with Crippen molar-refractivity contribution in [1.82, 2.24) is 14.5 Å².